The number of benzene rings is 2. The lowest BCUT2D eigenvalue weighted by molar-refractivity contribution is 0.215. The Bertz CT molecular complexity index is 609. The van der Waals surface area contributed by atoms with E-state index >= 15 is 0 Å². The lowest BCUT2D eigenvalue weighted by atomic mass is 9.93. The second kappa shape index (κ2) is 4.50. The highest BCUT2D eigenvalue weighted by atomic mass is 16.5. The molecule has 1 aliphatic heterocycles. The SMILES string of the molecule is COc1cccc([C@H]2Oc3cc(N)ccc3[C@@H]2C)c1. The molecule has 0 bridgehead atoms. The van der Waals surface area contributed by atoms with Crippen molar-refractivity contribution in [3.8, 4) is 11.5 Å². The zero-order valence-electron chi connectivity index (χ0n) is 11.1. The van der Waals surface area contributed by atoms with Crippen LogP contribution in [0.5, 0.6) is 11.5 Å². The van der Waals surface area contributed by atoms with Crippen molar-refractivity contribution in [3.05, 3.63) is 53.6 Å². The third-order valence-corrected chi connectivity index (χ3v) is 3.66. The molecule has 2 aromatic rings. The highest BCUT2D eigenvalue weighted by Crippen LogP contribution is 2.46. The summed E-state index contributed by atoms with van der Waals surface area (Å²) in [5.74, 6) is 2.05. The van der Waals surface area contributed by atoms with E-state index in [1.54, 1.807) is 7.11 Å². The van der Waals surface area contributed by atoms with Crippen molar-refractivity contribution in [1.82, 2.24) is 0 Å². The first-order valence-electron chi connectivity index (χ1n) is 6.39. The number of rotatable bonds is 2. The molecule has 0 fully saturated rings. The van der Waals surface area contributed by atoms with E-state index in [1.807, 2.05) is 30.3 Å². The Hall–Kier alpha value is -2.16. The van der Waals surface area contributed by atoms with Crippen molar-refractivity contribution >= 4 is 5.69 Å². The molecule has 0 spiro atoms. The van der Waals surface area contributed by atoms with Crippen LogP contribution in [0.3, 0.4) is 0 Å². The zero-order valence-corrected chi connectivity index (χ0v) is 11.1. The molecule has 3 nitrogen and oxygen atoms in total. The van der Waals surface area contributed by atoms with Crippen molar-refractivity contribution in [2.24, 2.45) is 0 Å². The maximum Gasteiger partial charge on any atom is 0.131 e. The normalized spacial score (nSPS) is 20.7. The highest BCUT2D eigenvalue weighted by molar-refractivity contribution is 5.53. The summed E-state index contributed by atoms with van der Waals surface area (Å²) < 4.78 is 11.3. The summed E-state index contributed by atoms with van der Waals surface area (Å²) in [5, 5.41) is 0. The molecule has 0 radical (unpaired) electrons. The average molecular weight is 255 g/mol. The molecule has 2 N–H and O–H groups in total. The number of nitrogen functional groups attached to an aromatic ring is 1. The van der Waals surface area contributed by atoms with Crippen LogP contribution >= 0.6 is 0 Å². The van der Waals surface area contributed by atoms with Gasteiger partial charge in [0, 0.05) is 23.2 Å². The van der Waals surface area contributed by atoms with Crippen molar-refractivity contribution in [3.63, 3.8) is 0 Å². The Labute approximate surface area is 113 Å². The van der Waals surface area contributed by atoms with Crippen LogP contribution in [-0.2, 0) is 0 Å². The predicted octanol–water partition coefficient (Wildman–Crippen LogP) is 3.51. The maximum absolute atomic E-state index is 6.05. The van der Waals surface area contributed by atoms with Crippen molar-refractivity contribution in [1.29, 1.82) is 0 Å². The molecule has 0 aromatic heterocycles. The van der Waals surface area contributed by atoms with Gasteiger partial charge in [-0.15, -0.1) is 0 Å². The first-order chi connectivity index (χ1) is 9.19. The molecule has 2 aromatic carbocycles. The summed E-state index contributed by atoms with van der Waals surface area (Å²) in [5.41, 5.74) is 8.88. The van der Waals surface area contributed by atoms with Crippen LogP contribution in [0.4, 0.5) is 5.69 Å². The van der Waals surface area contributed by atoms with Crippen molar-refractivity contribution in [2.45, 2.75) is 18.9 Å². The lowest BCUT2D eigenvalue weighted by Gasteiger charge is -2.16. The van der Waals surface area contributed by atoms with Crippen LogP contribution in [0.25, 0.3) is 0 Å². The number of nitrogens with two attached hydrogens (primary N) is 1. The van der Waals surface area contributed by atoms with Crippen LogP contribution in [0.2, 0.25) is 0 Å². The Morgan fingerprint density at radius 2 is 2.00 bits per heavy atom. The van der Waals surface area contributed by atoms with Gasteiger partial charge in [-0.1, -0.05) is 25.1 Å². The topological polar surface area (TPSA) is 44.5 Å². The third kappa shape index (κ3) is 2.01. The van der Waals surface area contributed by atoms with E-state index in [2.05, 4.69) is 19.1 Å². The first-order valence-corrected chi connectivity index (χ1v) is 6.39. The summed E-state index contributed by atoms with van der Waals surface area (Å²) >= 11 is 0. The summed E-state index contributed by atoms with van der Waals surface area (Å²) in [6.07, 6.45) is 0.0203. The molecule has 1 aliphatic rings. The van der Waals surface area contributed by atoms with E-state index in [0.29, 0.717) is 5.92 Å². The first kappa shape index (κ1) is 11.9. The number of hydrogen-bond acceptors (Lipinski definition) is 3. The van der Waals surface area contributed by atoms with Gasteiger partial charge < -0.3 is 15.2 Å². The van der Waals surface area contributed by atoms with Crippen LogP contribution in [0.1, 0.15) is 30.1 Å². The number of ether oxygens (including phenoxy) is 2. The van der Waals surface area contributed by atoms with E-state index in [-0.39, 0.29) is 6.10 Å². The molecule has 98 valence electrons. The average Bonchev–Trinajstić information content (AvgIpc) is 2.75. The predicted molar refractivity (Wildman–Crippen MR) is 75.6 cm³/mol. The summed E-state index contributed by atoms with van der Waals surface area (Å²) in [4.78, 5) is 0. The molecule has 0 saturated carbocycles. The van der Waals surface area contributed by atoms with Gasteiger partial charge in [-0.2, -0.15) is 0 Å². The molecule has 1 heterocycles. The van der Waals surface area contributed by atoms with Crippen LogP contribution in [0, 0.1) is 0 Å². The van der Waals surface area contributed by atoms with Gasteiger partial charge in [-0.3, -0.25) is 0 Å². The van der Waals surface area contributed by atoms with E-state index in [1.165, 1.54) is 5.56 Å². The Kier molecular flexibility index (Phi) is 2.82. The van der Waals surface area contributed by atoms with Gasteiger partial charge >= 0.3 is 0 Å². The Morgan fingerprint density at radius 3 is 2.79 bits per heavy atom. The van der Waals surface area contributed by atoms with Crippen LogP contribution < -0.4 is 15.2 Å². The molecule has 3 heteroatoms. The summed E-state index contributed by atoms with van der Waals surface area (Å²) in [6, 6.07) is 13.9. The highest BCUT2D eigenvalue weighted by Gasteiger charge is 2.32. The summed E-state index contributed by atoms with van der Waals surface area (Å²) in [7, 11) is 1.67. The second-order valence-corrected chi connectivity index (χ2v) is 4.90. The fraction of sp³-hybridized carbons (Fsp3) is 0.250. The van der Waals surface area contributed by atoms with E-state index in [4.69, 9.17) is 15.2 Å². The van der Waals surface area contributed by atoms with E-state index < -0.39 is 0 Å². The molecule has 0 saturated heterocycles. The minimum atomic E-state index is 0.0203. The standard InChI is InChI=1S/C16H17NO2/c1-10-14-7-6-12(17)9-15(14)19-16(10)11-4-3-5-13(8-11)18-2/h3-10,16H,17H2,1-2H3/t10-,16-/m0/s1. The van der Waals surface area contributed by atoms with Gasteiger partial charge in [0.15, 0.2) is 0 Å². The monoisotopic (exact) mass is 255 g/mol. The number of hydrogen-bond donors (Lipinski definition) is 1. The molecule has 2 atom stereocenters. The van der Waals surface area contributed by atoms with Crippen molar-refractivity contribution < 1.29 is 9.47 Å². The Balaban J connectivity index is 1.96. The number of methoxy groups -OCH3 is 1. The summed E-state index contributed by atoms with van der Waals surface area (Å²) in [6.45, 7) is 2.17. The zero-order chi connectivity index (χ0) is 13.4. The Morgan fingerprint density at radius 1 is 1.16 bits per heavy atom. The van der Waals surface area contributed by atoms with Gasteiger partial charge in [0.25, 0.3) is 0 Å². The lowest BCUT2D eigenvalue weighted by Crippen LogP contribution is -2.07. The molecular formula is C16H17NO2. The smallest absolute Gasteiger partial charge is 0.131 e. The van der Waals surface area contributed by atoms with Gasteiger partial charge in [-0.25, -0.2) is 0 Å². The van der Waals surface area contributed by atoms with E-state index in [0.717, 1.165) is 22.7 Å². The molecular weight excluding hydrogens is 238 g/mol. The largest absolute Gasteiger partial charge is 0.497 e. The number of anilines is 1. The minimum absolute atomic E-state index is 0.0203. The fourth-order valence-electron chi connectivity index (χ4n) is 2.61. The molecule has 3 rings (SSSR count). The molecule has 0 amide bonds. The fourth-order valence-corrected chi connectivity index (χ4v) is 2.61. The molecule has 19 heavy (non-hydrogen) atoms. The number of fused-ring (bicyclic) bond motifs is 1. The van der Waals surface area contributed by atoms with Crippen LogP contribution in [0.15, 0.2) is 42.5 Å². The minimum Gasteiger partial charge on any atom is -0.497 e. The quantitative estimate of drug-likeness (QED) is 0.835. The van der Waals surface area contributed by atoms with Gasteiger partial charge in [0.1, 0.15) is 17.6 Å². The van der Waals surface area contributed by atoms with Crippen LogP contribution in [-0.4, -0.2) is 7.11 Å². The third-order valence-electron chi connectivity index (χ3n) is 3.66. The van der Waals surface area contributed by atoms with Gasteiger partial charge in [-0.05, 0) is 23.8 Å². The van der Waals surface area contributed by atoms with Gasteiger partial charge in [0.05, 0.1) is 7.11 Å². The van der Waals surface area contributed by atoms with Gasteiger partial charge in [0.2, 0.25) is 0 Å². The van der Waals surface area contributed by atoms with Crippen molar-refractivity contribution in [2.75, 3.05) is 12.8 Å². The molecule has 0 aliphatic carbocycles. The molecule has 0 unspecified atom stereocenters. The maximum atomic E-state index is 6.05. The second-order valence-electron chi connectivity index (χ2n) is 4.90. The van der Waals surface area contributed by atoms with E-state index in [9.17, 15) is 0 Å².